The number of rotatable bonds is 10. The lowest BCUT2D eigenvalue weighted by Crippen LogP contribution is -2.37. The fourth-order valence-corrected chi connectivity index (χ4v) is 1.82. The molecule has 18 heavy (non-hydrogen) atoms. The Bertz CT molecular complexity index is 222. The summed E-state index contributed by atoms with van der Waals surface area (Å²) in [5.41, 5.74) is 0. The van der Waals surface area contributed by atoms with Gasteiger partial charge in [-0.1, -0.05) is 38.5 Å². The van der Waals surface area contributed by atoms with Crippen LogP contribution in [0.2, 0.25) is 0 Å². The fraction of sp³-hybridized carbons (Fsp3) is 0.917. The van der Waals surface area contributed by atoms with Gasteiger partial charge in [0.2, 0.25) is 0 Å². The number of halogens is 3. The van der Waals surface area contributed by atoms with E-state index in [1.165, 1.54) is 19.3 Å². The Morgan fingerprint density at radius 2 is 1.33 bits per heavy atom. The van der Waals surface area contributed by atoms with E-state index in [1.807, 2.05) is 5.32 Å². The van der Waals surface area contributed by atoms with E-state index in [0.717, 1.165) is 31.4 Å². The molecule has 0 bridgehead atoms. The summed E-state index contributed by atoms with van der Waals surface area (Å²) < 4.78 is 35.4. The first-order valence-corrected chi connectivity index (χ1v) is 7.07. The predicted molar refractivity (Wildman–Crippen MR) is 69.9 cm³/mol. The monoisotopic (exact) mass is 285 g/mol. The van der Waals surface area contributed by atoms with Crippen LogP contribution >= 0.6 is 12.6 Å². The second-order valence-corrected chi connectivity index (χ2v) is 4.75. The molecule has 1 N–H and O–H groups in total. The molecule has 0 saturated carbocycles. The van der Waals surface area contributed by atoms with Crippen molar-refractivity contribution in [3.8, 4) is 0 Å². The molecule has 0 spiro atoms. The summed E-state index contributed by atoms with van der Waals surface area (Å²) in [4.78, 5) is 10.5. The van der Waals surface area contributed by atoms with Crippen LogP contribution in [0.1, 0.15) is 51.4 Å². The summed E-state index contributed by atoms with van der Waals surface area (Å²) in [5, 5.41) is 1.87. The highest BCUT2D eigenvalue weighted by atomic mass is 32.1. The van der Waals surface area contributed by atoms with E-state index in [1.54, 1.807) is 0 Å². The van der Waals surface area contributed by atoms with Gasteiger partial charge in [-0.25, -0.2) is 0 Å². The molecule has 0 aliphatic carbocycles. The van der Waals surface area contributed by atoms with E-state index in [9.17, 15) is 18.0 Å². The van der Waals surface area contributed by atoms with E-state index < -0.39 is 12.1 Å². The molecule has 1 amide bonds. The summed E-state index contributed by atoms with van der Waals surface area (Å²) >= 11 is 4.12. The Morgan fingerprint density at radius 3 is 1.78 bits per heavy atom. The summed E-state index contributed by atoms with van der Waals surface area (Å²) in [6.07, 6.45) is 3.56. The zero-order valence-corrected chi connectivity index (χ0v) is 11.5. The van der Waals surface area contributed by atoms with Gasteiger partial charge < -0.3 is 5.32 Å². The molecule has 0 aliphatic heterocycles. The smallest absolute Gasteiger partial charge is 0.348 e. The Morgan fingerprint density at radius 1 is 0.889 bits per heavy atom. The quantitative estimate of drug-likeness (QED) is 0.465. The van der Waals surface area contributed by atoms with Gasteiger partial charge in [-0.2, -0.15) is 25.8 Å². The number of alkyl halides is 3. The SMILES string of the molecule is O=C(NCCCCCCCCCCS)C(F)(F)F. The number of unbranched alkanes of at least 4 members (excludes halogenated alkanes) is 7. The van der Waals surface area contributed by atoms with Crippen LogP contribution in [0.25, 0.3) is 0 Å². The van der Waals surface area contributed by atoms with E-state index in [0.29, 0.717) is 6.42 Å². The molecule has 0 aromatic carbocycles. The minimum Gasteiger partial charge on any atom is -0.348 e. The highest BCUT2D eigenvalue weighted by Crippen LogP contribution is 2.14. The van der Waals surface area contributed by atoms with Crippen molar-refractivity contribution in [1.29, 1.82) is 0 Å². The molecule has 108 valence electrons. The molecule has 0 radical (unpaired) electrons. The predicted octanol–water partition coefficient (Wildman–Crippen LogP) is 3.72. The molecule has 0 fully saturated rings. The molecule has 6 heteroatoms. The van der Waals surface area contributed by atoms with E-state index in [2.05, 4.69) is 12.6 Å². The molecule has 0 aliphatic rings. The van der Waals surface area contributed by atoms with Crippen LogP contribution in [0.4, 0.5) is 13.2 Å². The van der Waals surface area contributed by atoms with Gasteiger partial charge in [-0.3, -0.25) is 4.79 Å². The zero-order chi connectivity index (χ0) is 13.9. The third-order valence-corrected chi connectivity index (χ3v) is 2.94. The van der Waals surface area contributed by atoms with Crippen LogP contribution in [-0.4, -0.2) is 24.4 Å². The maximum absolute atomic E-state index is 11.8. The van der Waals surface area contributed by atoms with E-state index >= 15 is 0 Å². The lowest BCUT2D eigenvalue weighted by molar-refractivity contribution is -0.173. The lowest BCUT2D eigenvalue weighted by atomic mass is 10.1. The molecule has 0 unspecified atom stereocenters. The molecule has 0 aromatic rings. The standard InChI is InChI=1S/C12H22F3NOS/c13-12(14,15)11(17)16-9-7-5-3-1-2-4-6-8-10-18/h18H,1-10H2,(H,16,17). The molecular weight excluding hydrogens is 263 g/mol. The minimum atomic E-state index is -4.76. The third kappa shape index (κ3) is 10.7. The number of hydrogen-bond acceptors (Lipinski definition) is 2. The van der Waals surface area contributed by atoms with Crippen LogP contribution in [0.3, 0.4) is 0 Å². The summed E-state index contributed by atoms with van der Waals surface area (Å²) in [5.74, 6) is -0.909. The number of carbonyl (C=O) groups is 1. The first-order chi connectivity index (χ1) is 8.48. The molecule has 0 saturated heterocycles. The number of amides is 1. The van der Waals surface area contributed by atoms with Crippen molar-refractivity contribution in [2.24, 2.45) is 0 Å². The van der Waals surface area contributed by atoms with Crippen molar-refractivity contribution in [3.05, 3.63) is 0 Å². The number of thiol groups is 1. The zero-order valence-electron chi connectivity index (χ0n) is 10.6. The van der Waals surface area contributed by atoms with Gasteiger partial charge in [-0.15, -0.1) is 0 Å². The highest BCUT2D eigenvalue weighted by Gasteiger charge is 2.38. The number of nitrogens with one attached hydrogen (secondary N) is 1. The van der Waals surface area contributed by atoms with Crippen LogP contribution < -0.4 is 5.32 Å². The average Bonchev–Trinajstić information content (AvgIpc) is 2.30. The second-order valence-electron chi connectivity index (χ2n) is 4.31. The number of hydrogen-bond donors (Lipinski definition) is 2. The molecule has 2 nitrogen and oxygen atoms in total. The Labute approximate surface area is 112 Å². The normalized spacial score (nSPS) is 11.6. The van der Waals surface area contributed by atoms with Crippen molar-refractivity contribution in [2.75, 3.05) is 12.3 Å². The summed E-state index contributed by atoms with van der Waals surface area (Å²) in [7, 11) is 0. The van der Waals surface area contributed by atoms with Gasteiger partial charge in [0.15, 0.2) is 0 Å². The van der Waals surface area contributed by atoms with Crippen molar-refractivity contribution in [3.63, 3.8) is 0 Å². The van der Waals surface area contributed by atoms with Crippen molar-refractivity contribution in [1.82, 2.24) is 5.32 Å². The molecular formula is C12H22F3NOS. The Hall–Kier alpha value is -0.390. The van der Waals surface area contributed by atoms with Crippen molar-refractivity contribution >= 4 is 18.5 Å². The average molecular weight is 285 g/mol. The van der Waals surface area contributed by atoms with Crippen LogP contribution in [-0.2, 0) is 4.79 Å². The maximum Gasteiger partial charge on any atom is 0.471 e. The minimum absolute atomic E-state index is 0.109. The van der Waals surface area contributed by atoms with Crippen molar-refractivity contribution in [2.45, 2.75) is 57.5 Å². The Kier molecular flexibility index (Phi) is 10.3. The van der Waals surface area contributed by atoms with Gasteiger partial charge in [0.05, 0.1) is 0 Å². The van der Waals surface area contributed by atoms with Gasteiger partial charge in [0, 0.05) is 6.54 Å². The van der Waals surface area contributed by atoms with Crippen LogP contribution in [0.15, 0.2) is 0 Å². The van der Waals surface area contributed by atoms with Gasteiger partial charge in [0.25, 0.3) is 0 Å². The van der Waals surface area contributed by atoms with Crippen LogP contribution in [0, 0.1) is 0 Å². The highest BCUT2D eigenvalue weighted by molar-refractivity contribution is 7.80. The largest absolute Gasteiger partial charge is 0.471 e. The van der Waals surface area contributed by atoms with Gasteiger partial charge in [-0.05, 0) is 18.6 Å². The van der Waals surface area contributed by atoms with Crippen molar-refractivity contribution < 1.29 is 18.0 Å². The van der Waals surface area contributed by atoms with E-state index in [-0.39, 0.29) is 6.54 Å². The fourth-order valence-electron chi connectivity index (χ4n) is 1.60. The van der Waals surface area contributed by atoms with Gasteiger partial charge in [0.1, 0.15) is 0 Å². The molecule has 0 heterocycles. The topological polar surface area (TPSA) is 29.1 Å². The first-order valence-electron chi connectivity index (χ1n) is 6.44. The molecule has 0 atom stereocenters. The first kappa shape index (κ1) is 17.6. The molecule has 0 rings (SSSR count). The summed E-state index contributed by atoms with van der Waals surface area (Å²) in [6.45, 7) is 0.109. The molecule has 0 aromatic heterocycles. The van der Waals surface area contributed by atoms with E-state index in [4.69, 9.17) is 0 Å². The van der Waals surface area contributed by atoms with Crippen LogP contribution in [0.5, 0.6) is 0 Å². The Balaban J connectivity index is 3.19. The second kappa shape index (κ2) is 10.5. The summed E-state index contributed by atoms with van der Waals surface area (Å²) in [6, 6.07) is 0. The maximum atomic E-state index is 11.8. The lowest BCUT2D eigenvalue weighted by Gasteiger charge is -2.07. The third-order valence-electron chi connectivity index (χ3n) is 2.63. The van der Waals surface area contributed by atoms with Gasteiger partial charge >= 0.3 is 12.1 Å². The number of carbonyl (C=O) groups excluding carboxylic acids is 1.